The Kier molecular flexibility index (Phi) is 6.23. The van der Waals surface area contributed by atoms with Gasteiger partial charge in [-0.1, -0.05) is 12.1 Å². The summed E-state index contributed by atoms with van der Waals surface area (Å²) in [6.45, 7) is 3.68. The van der Waals surface area contributed by atoms with Crippen LogP contribution >= 0.6 is 12.4 Å². The fraction of sp³-hybridized carbons (Fsp3) is 0.294. The number of pyridine rings is 1. The van der Waals surface area contributed by atoms with Crippen LogP contribution in [0.1, 0.15) is 5.56 Å². The summed E-state index contributed by atoms with van der Waals surface area (Å²) in [7, 11) is 1.72. The fourth-order valence-corrected chi connectivity index (χ4v) is 2.54. The summed E-state index contributed by atoms with van der Waals surface area (Å²) in [5.41, 5.74) is 2.23. The Morgan fingerprint density at radius 3 is 2.43 bits per heavy atom. The average molecular weight is 333 g/mol. The number of nitrogens with zero attached hydrogens (tertiary/aromatic N) is 4. The standard InChI is InChI=1S/C17H20N4O.ClH/c1-22-17-5-3-2-4-16(17)20-10-12-21(13-11-20)19-14-15-6-8-18-9-7-15;/h2-9,14H,10-13H2,1H3;1H/b19-14-;. The zero-order valence-electron chi connectivity index (χ0n) is 13.1. The Hall–Kier alpha value is -2.27. The number of ether oxygens (including phenoxy) is 1. The third kappa shape index (κ3) is 4.36. The second-order valence-corrected chi connectivity index (χ2v) is 5.14. The molecule has 0 bridgehead atoms. The highest BCUT2D eigenvalue weighted by Gasteiger charge is 2.18. The zero-order chi connectivity index (χ0) is 15.2. The molecule has 0 unspecified atom stereocenters. The Balaban J connectivity index is 0.00000192. The van der Waals surface area contributed by atoms with Crippen LogP contribution in [-0.4, -0.2) is 49.5 Å². The SMILES string of the molecule is COc1ccccc1N1CCN(/N=C\c2ccncc2)CC1.Cl. The Morgan fingerprint density at radius 1 is 1.04 bits per heavy atom. The third-order valence-corrected chi connectivity index (χ3v) is 3.76. The van der Waals surface area contributed by atoms with Gasteiger partial charge in [-0.05, 0) is 29.8 Å². The van der Waals surface area contributed by atoms with Gasteiger partial charge in [-0.25, -0.2) is 0 Å². The number of methoxy groups -OCH3 is 1. The van der Waals surface area contributed by atoms with Gasteiger partial charge in [-0.2, -0.15) is 5.10 Å². The van der Waals surface area contributed by atoms with Gasteiger partial charge in [0.2, 0.25) is 0 Å². The molecule has 5 nitrogen and oxygen atoms in total. The molecule has 1 fully saturated rings. The van der Waals surface area contributed by atoms with E-state index >= 15 is 0 Å². The van der Waals surface area contributed by atoms with Crippen molar-refractivity contribution >= 4 is 24.3 Å². The van der Waals surface area contributed by atoms with Crippen LogP contribution < -0.4 is 9.64 Å². The van der Waals surface area contributed by atoms with Gasteiger partial charge in [-0.3, -0.25) is 9.99 Å². The molecule has 1 aliphatic rings. The van der Waals surface area contributed by atoms with E-state index in [1.165, 1.54) is 0 Å². The molecule has 0 radical (unpaired) electrons. The van der Waals surface area contributed by atoms with Crippen LogP contribution in [0, 0.1) is 0 Å². The van der Waals surface area contributed by atoms with Crippen molar-refractivity contribution in [3.8, 4) is 5.75 Å². The van der Waals surface area contributed by atoms with Gasteiger partial charge in [0.05, 0.1) is 32.1 Å². The molecule has 1 aromatic heterocycles. The van der Waals surface area contributed by atoms with Crippen LogP contribution in [-0.2, 0) is 0 Å². The highest BCUT2D eigenvalue weighted by atomic mass is 35.5. The van der Waals surface area contributed by atoms with Crippen molar-refractivity contribution in [1.82, 2.24) is 9.99 Å². The summed E-state index contributed by atoms with van der Waals surface area (Å²) in [5, 5.41) is 6.65. The molecule has 122 valence electrons. The van der Waals surface area contributed by atoms with E-state index in [9.17, 15) is 0 Å². The molecule has 1 saturated heterocycles. The quantitative estimate of drug-likeness (QED) is 0.807. The molecule has 0 saturated carbocycles. The lowest BCUT2D eigenvalue weighted by atomic mass is 10.2. The Bertz CT molecular complexity index is 628. The molecule has 23 heavy (non-hydrogen) atoms. The molecule has 0 N–H and O–H groups in total. The molecule has 2 heterocycles. The summed E-state index contributed by atoms with van der Waals surface area (Å²) in [6, 6.07) is 12.1. The van der Waals surface area contributed by atoms with Crippen molar-refractivity contribution < 1.29 is 4.74 Å². The molecule has 0 spiro atoms. The molecule has 0 amide bonds. The minimum absolute atomic E-state index is 0. The highest BCUT2D eigenvalue weighted by Crippen LogP contribution is 2.28. The number of hydrogen-bond acceptors (Lipinski definition) is 5. The fourth-order valence-electron chi connectivity index (χ4n) is 2.54. The van der Waals surface area contributed by atoms with Gasteiger partial charge in [0.1, 0.15) is 5.75 Å². The minimum atomic E-state index is 0. The second kappa shape index (κ2) is 8.39. The summed E-state index contributed by atoms with van der Waals surface area (Å²) in [5.74, 6) is 0.927. The van der Waals surface area contributed by atoms with E-state index in [2.05, 4.69) is 26.1 Å². The van der Waals surface area contributed by atoms with E-state index in [0.29, 0.717) is 0 Å². The maximum Gasteiger partial charge on any atom is 0.142 e. The van der Waals surface area contributed by atoms with Crippen molar-refractivity contribution in [3.63, 3.8) is 0 Å². The summed E-state index contributed by atoms with van der Waals surface area (Å²) < 4.78 is 5.44. The predicted octanol–water partition coefficient (Wildman–Crippen LogP) is 2.67. The first-order chi connectivity index (χ1) is 10.9. The lowest BCUT2D eigenvalue weighted by Gasteiger charge is -2.35. The van der Waals surface area contributed by atoms with Gasteiger partial charge >= 0.3 is 0 Å². The molecular weight excluding hydrogens is 312 g/mol. The number of rotatable bonds is 4. The van der Waals surface area contributed by atoms with Crippen LogP contribution in [0.5, 0.6) is 5.75 Å². The number of hydrogen-bond donors (Lipinski definition) is 0. The number of piperazine rings is 1. The average Bonchev–Trinajstić information content (AvgIpc) is 2.61. The van der Waals surface area contributed by atoms with Gasteiger partial charge in [-0.15, -0.1) is 12.4 Å². The van der Waals surface area contributed by atoms with Crippen LogP contribution in [0.3, 0.4) is 0 Å². The maximum absolute atomic E-state index is 5.44. The molecule has 1 aromatic carbocycles. The van der Waals surface area contributed by atoms with Crippen molar-refractivity contribution in [2.45, 2.75) is 0 Å². The molecule has 1 aliphatic heterocycles. The number of halogens is 1. The molecular formula is C17H21ClN4O. The van der Waals surface area contributed by atoms with Crippen molar-refractivity contribution in [2.75, 3.05) is 38.2 Å². The van der Waals surface area contributed by atoms with Crippen LogP contribution in [0.25, 0.3) is 0 Å². The second-order valence-electron chi connectivity index (χ2n) is 5.14. The van der Waals surface area contributed by atoms with E-state index in [-0.39, 0.29) is 12.4 Å². The predicted molar refractivity (Wildman–Crippen MR) is 95.9 cm³/mol. The number of anilines is 1. The van der Waals surface area contributed by atoms with Crippen molar-refractivity contribution in [1.29, 1.82) is 0 Å². The van der Waals surface area contributed by atoms with E-state index in [4.69, 9.17) is 4.74 Å². The smallest absolute Gasteiger partial charge is 0.142 e. The van der Waals surface area contributed by atoms with Crippen LogP contribution in [0.2, 0.25) is 0 Å². The number of hydrazone groups is 1. The summed E-state index contributed by atoms with van der Waals surface area (Å²) in [4.78, 5) is 6.35. The van der Waals surface area contributed by atoms with E-state index < -0.39 is 0 Å². The van der Waals surface area contributed by atoms with Crippen molar-refractivity contribution in [3.05, 3.63) is 54.4 Å². The Labute approximate surface area is 143 Å². The molecule has 6 heteroatoms. The third-order valence-electron chi connectivity index (χ3n) is 3.76. The van der Waals surface area contributed by atoms with E-state index in [1.807, 2.05) is 36.5 Å². The first kappa shape index (κ1) is 17.1. The van der Waals surface area contributed by atoms with Gasteiger partial charge in [0, 0.05) is 25.5 Å². The van der Waals surface area contributed by atoms with E-state index in [1.54, 1.807) is 19.5 Å². The van der Waals surface area contributed by atoms with Crippen LogP contribution in [0.15, 0.2) is 53.9 Å². The number of benzene rings is 1. The lowest BCUT2D eigenvalue weighted by Crippen LogP contribution is -2.44. The van der Waals surface area contributed by atoms with Crippen LogP contribution in [0.4, 0.5) is 5.69 Å². The monoisotopic (exact) mass is 332 g/mol. The topological polar surface area (TPSA) is 41.0 Å². The molecule has 0 aliphatic carbocycles. The highest BCUT2D eigenvalue weighted by molar-refractivity contribution is 5.85. The lowest BCUT2D eigenvalue weighted by molar-refractivity contribution is 0.271. The largest absolute Gasteiger partial charge is 0.495 e. The molecule has 3 rings (SSSR count). The first-order valence-corrected chi connectivity index (χ1v) is 7.44. The van der Waals surface area contributed by atoms with E-state index in [0.717, 1.165) is 43.2 Å². The molecule has 0 atom stereocenters. The summed E-state index contributed by atoms with van der Waals surface area (Å²) in [6.07, 6.45) is 5.45. The van der Waals surface area contributed by atoms with Crippen molar-refractivity contribution in [2.24, 2.45) is 5.10 Å². The summed E-state index contributed by atoms with van der Waals surface area (Å²) >= 11 is 0. The number of para-hydroxylation sites is 2. The number of aromatic nitrogens is 1. The Morgan fingerprint density at radius 2 is 1.74 bits per heavy atom. The zero-order valence-corrected chi connectivity index (χ0v) is 13.9. The van der Waals surface area contributed by atoms with Gasteiger partial charge in [0.25, 0.3) is 0 Å². The maximum atomic E-state index is 5.44. The first-order valence-electron chi connectivity index (χ1n) is 7.44. The van der Waals surface area contributed by atoms with Gasteiger partial charge in [0.15, 0.2) is 0 Å². The minimum Gasteiger partial charge on any atom is -0.495 e. The molecule has 2 aromatic rings. The van der Waals surface area contributed by atoms with Gasteiger partial charge < -0.3 is 9.64 Å². The normalized spacial score (nSPS) is 14.7.